The summed E-state index contributed by atoms with van der Waals surface area (Å²) in [6, 6.07) is 7.81. The zero-order valence-electron chi connectivity index (χ0n) is 11.5. The molecule has 2 heterocycles. The molecule has 3 aromatic rings. The van der Waals surface area contributed by atoms with Crippen molar-refractivity contribution in [1.29, 1.82) is 0 Å². The second-order valence-corrected chi connectivity index (χ2v) is 8.70. The summed E-state index contributed by atoms with van der Waals surface area (Å²) in [6.07, 6.45) is 0. The van der Waals surface area contributed by atoms with Gasteiger partial charge in [-0.25, -0.2) is 0 Å². The van der Waals surface area contributed by atoms with Gasteiger partial charge in [0.2, 0.25) is 11.7 Å². The number of hydrogen-bond acceptors (Lipinski definition) is 8. The van der Waals surface area contributed by atoms with Crippen molar-refractivity contribution in [2.45, 2.75) is 21.4 Å². The van der Waals surface area contributed by atoms with Crippen molar-refractivity contribution >= 4 is 50.8 Å². The number of thioether (sulfide) groups is 2. The topological polar surface area (TPSA) is 64.7 Å². The van der Waals surface area contributed by atoms with Crippen LogP contribution in [0.3, 0.4) is 0 Å². The first-order valence-electron chi connectivity index (χ1n) is 6.42. The maximum Gasteiger partial charge on any atom is 0.237 e. The molecule has 0 aliphatic carbocycles. The van der Waals surface area contributed by atoms with Crippen LogP contribution in [0.5, 0.6) is 0 Å². The van der Waals surface area contributed by atoms with Gasteiger partial charge in [0.1, 0.15) is 0 Å². The fourth-order valence-electron chi connectivity index (χ4n) is 1.62. The Morgan fingerprint density at radius 1 is 1.23 bits per heavy atom. The van der Waals surface area contributed by atoms with Gasteiger partial charge in [0.25, 0.3) is 0 Å². The normalized spacial score (nSPS) is 11.0. The van der Waals surface area contributed by atoms with E-state index >= 15 is 0 Å². The van der Waals surface area contributed by atoms with Crippen LogP contribution in [-0.4, -0.2) is 26.1 Å². The van der Waals surface area contributed by atoms with Crippen LogP contribution in [0.1, 0.15) is 12.8 Å². The van der Waals surface area contributed by atoms with Gasteiger partial charge < -0.3 is 4.52 Å². The Morgan fingerprint density at radius 2 is 2.05 bits per heavy atom. The second-order valence-electron chi connectivity index (χ2n) is 4.08. The van der Waals surface area contributed by atoms with Crippen LogP contribution in [0.4, 0.5) is 0 Å². The summed E-state index contributed by atoms with van der Waals surface area (Å²) < 4.78 is 8.18. The zero-order chi connectivity index (χ0) is 15.4. The lowest BCUT2D eigenvalue weighted by Crippen LogP contribution is -1.83. The smallest absolute Gasteiger partial charge is 0.237 e. The Balaban J connectivity index is 1.64. The van der Waals surface area contributed by atoms with Crippen LogP contribution in [0.2, 0.25) is 0 Å². The maximum atomic E-state index is 5.29. The molecule has 0 N–H and O–H groups in total. The predicted molar refractivity (Wildman–Crippen MR) is 93.3 cm³/mol. The molecule has 2 aromatic heterocycles. The third-order valence-electron chi connectivity index (χ3n) is 2.53. The minimum absolute atomic E-state index is 0.583. The first-order valence-corrected chi connectivity index (χ1v) is 10.0. The van der Waals surface area contributed by atoms with E-state index in [1.165, 1.54) is 0 Å². The third-order valence-corrected chi connectivity index (χ3v) is 6.08. The van der Waals surface area contributed by atoms with E-state index in [9.17, 15) is 0 Å². The summed E-state index contributed by atoms with van der Waals surface area (Å²) in [6.45, 7) is 2.10. The maximum absolute atomic E-state index is 5.29. The molecule has 0 saturated heterocycles. The lowest BCUT2D eigenvalue weighted by molar-refractivity contribution is 0.391. The lowest BCUT2D eigenvalue weighted by atomic mass is 10.2. The molecule has 0 spiro atoms. The molecule has 114 valence electrons. The number of aromatic nitrogens is 4. The van der Waals surface area contributed by atoms with E-state index in [1.807, 2.05) is 24.3 Å². The molecule has 0 saturated carbocycles. The Hall–Kier alpha value is -0.900. The first kappa shape index (κ1) is 16.0. The molecular formula is C13H11BrN4OS3. The molecule has 0 radical (unpaired) electrons. The molecular weight excluding hydrogens is 404 g/mol. The molecule has 22 heavy (non-hydrogen) atoms. The highest BCUT2D eigenvalue weighted by molar-refractivity contribution is 9.10. The van der Waals surface area contributed by atoms with Gasteiger partial charge in [-0.3, -0.25) is 0 Å². The van der Waals surface area contributed by atoms with E-state index in [0.29, 0.717) is 17.5 Å². The number of nitrogens with zero attached hydrogens (tertiary/aromatic N) is 4. The largest absolute Gasteiger partial charge is 0.338 e. The summed E-state index contributed by atoms with van der Waals surface area (Å²) in [7, 11) is 0. The standard InChI is InChI=1S/C13H11BrN4OS3/c1-2-20-12-16-17-13(22-12)21-7-10-15-11(18-19-10)8-4-3-5-9(14)6-8/h3-6H,2,7H2,1H3. The number of benzene rings is 1. The van der Waals surface area contributed by atoms with Crippen molar-refractivity contribution in [1.82, 2.24) is 20.3 Å². The van der Waals surface area contributed by atoms with Gasteiger partial charge in [0, 0.05) is 10.0 Å². The molecule has 0 bridgehead atoms. The number of hydrogen-bond donors (Lipinski definition) is 0. The minimum atomic E-state index is 0.583. The van der Waals surface area contributed by atoms with Crippen LogP contribution in [0.15, 0.2) is 41.9 Å². The molecule has 0 atom stereocenters. The van der Waals surface area contributed by atoms with Crippen LogP contribution in [-0.2, 0) is 5.75 Å². The van der Waals surface area contributed by atoms with Gasteiger partial charge in [-0.2, -0.15) is 4.98 Å². The first-order chi connectivity index (χ1) is 10.7. The van der Waals surface area contributed by atoms with Gasteiger partial charge in [0.15, 0.2) is 8.68 Å². The lowest BCUT2D eigenvalue weighted by Gasteiger charge is -1.94. The predicted octanol–water partition coefficient (Wildman–Crippen LogP) is 4.75. The summed E-state index contributed by atoms with van der Waals surface area (Å²) in [5.41, 5.74) is 0.923. The zero-order valence-corrected chi connectivity index (χ0v) is 15.6. The van der Waals surface area contributed by atoms with Crippen molar-refractivity contribution < 1.29 is 4.52 Å². The fourth-order valence-corrected chi connectivity index (χ4v) is 4.77. The average Bonchev–Trinajstić information content (AvgIpc) is 3.15. The molecule has 9 heteroatoms. The number of rotatable bonds is 6. The molecule has 0 amide bonds. The minimum Gasteiger partial charge on any atom is -0.338 e. The van der Waals surface area contributed by atoms with Crippen molar-refractivity contribution in [3.63, 3.8) is 0 Å². The Kier molecular flexibility index (Phi) is 5.51. The van der Waals surface area contributed by atoms with Gasteiger partial charge in [0.05, 0.1) is 5.75 Å². The highest BCUT2D eigenvalue weighted by atomic mass is 79.9. The van der Waals surface area contributed by atoms with E-state index < -0.39 is 0 Å². The molecule has 5 nitrogen and oxygen atoms in total. The van der Waals surface area contributed by atoms with Crippen molar-refractivity contribution in [2.75, 3.05) is 5.75 Å². The summed E-state index contributed by atoms with van der Waals surface area (Å²) in [5, 5.41) is 12.3. The summed E-state index contributed by atoms with van der Waals surface area (Å²) in [4.78, 5) is 4.41. The van der Waals surface area contributed by atoms with Gasteiger partial charge in [-0.1, -0.05) is 75.0 Å². The monoisotopic (exact) mass is 414 g/mol. The molecule has 3 rings (SSSR count). The van der Waals surface area contributed by atoms with Crippen LogP contribution in [0, 0.1) is 0 Å². The van der Waals surface area contributed by atoms with Gasteiger partial charge >= 0.3 is 0 Å². The Labute approximate surface area is 148 Å². The van der Waals surface area contributed by atoms with Crippen LogP contribution in [0.25, 0.3) is 11.4 Å². The summed E-state index contributed by atoms with van der Waals surface area (Å²) >= 11 is 8.28. The van der Waals surface area contributed by atoms with E-state index in [4.69, 9.17) is 4.52 Å². The fraction of sp³-hybridized carbons (Fsp3) is 0.231. The number of halogens is 1. The molecule has 0 unspecified atom stereocenters. The molecule has 0 aliphatic rings. The third kappa shape index (κ3) is 4.09. The van der Waals surface area contributed by atoms with E-state index in [-0.39, 0.29) is 0 Å². The van der Waals surface area contributed by atoms with E-state index in [0.717, 1.165) is 24.5 Å². The molecule has 0 fully saturated rings. The highest BCUT2D eigenvalue weighted by Crippen LogP contribution is 2.30. The molecule has 1 aromatic carbocycles. The Bertz CT molecular complexity index is 761. The van der Waals surface area contributed by atoms with Gasteiger partial charge in [-0.05, 0) is 17.9 Å². The summed E-state index contributed by atoms with van der Waals surface area (Å²) in [5.74, 6) is 2.77. The average molecular weight is 415 g/mol. The van der Waals surface area contributed by atoms with Gasteiger partial charge in [-0.15, -0.1) is 10.2 Å². The Morgan fingerprint density at radius 3 is 2.82 bits per heavy atom. The highest BCUT2D eigenvalue weighted by Gasteiger charge is 2.11. The molecule has 0 aliphatic heterocycles. The van der Waals surface area contributed by atoms with Crippen molar-refractivity contribution in [3.8, 4) is 11.4 Å². The van der Waals surface area contributed by atoms with Crippen molar-refractivity contribution in [2.24, 2.45) is 0 Å². The van der Waals surface area contributed by atoms with E-state index in [2.05, 4.69) is 43.2 Å². The quantitative estimate of drug-likeness (QED) is 0.538. The van der Waals surface area contributed by atoms with Crippen LogP contribution >= 0.6 is 50.8 Å². The second kappa shape index (κ2) is 7.58. The SMILES string of the molecule is CCSc1nnc(SCc2nc(-c3cccc(Br)c3)no2)s1. The van der Waals surface area contributed by atoms with Crippen molar-refractivity contribution in [3.05, 3.63) is 34.6 Å². The van der Waals surface area contributed by atoms with E-state index in [1.54, 1.807) is 34.9 Å². The van der Waals surface area contributed by atoms with Crippen LogP contribution < -0.4 is 0 Å².